The number of hydrogen-bond acceptors (Lipinski definition) is 4. The van der Waals surface area contributed by atoms with Crippen LogP contribution in [0.2, 0.25) is 0 Å². The molecule has 0 aromatic carbocycles. The van der Waals surface area contributed by atoms with E-state index in [1.54, 1.807) is 10.9 Å². The van der Waals surface area contributed by atoms with Crippen molar-refractivity contribution in [1.29, 1.82) is 0 Å². The molecular weight excluding hydrogens is 256 g/mol. The summed E-state index contributed by atoms with van der Waals surface area (Å²) >= 11 is 0. The monoisotopic (exact) mass is 274 g/mol. The third kappa shape index (κ3) is 2.75. The van der Waals surface area contributed by atoms with Crippen molar-refractivity contribution >= 4 is 5.97 Å². The van der Waals surface area contributed by atoms with Gasteiger partial charge in [-0.1, -0.05) is 6.08 Å². The molecule has 1 saturated heterocycles. The molecular formula is C14H18N4O2. The van der Waals surface area contributed by atoms with E-state index in [0.717, 1.165) is 25.1 Å². The van der Waals surface area contributed by atoms with Gasteiger partial charge in [-0.2, -0.15) is 5.10 Å². The zero-order valence-corrected chi connectivity index (χ0v) is 11.2. The Morgan fingerprint density at radius 2 is 2.40 bits per heavy atom. The van der Waals surface area contributed by atoms with Gasteiger partial charge >= 0.3 is 5.97 Å². The van der Waals surface area contributed by atoms with Crippen molar-refractivity contribution in [3.05, 3.63) is 41.4 Å². The average molecular weight is 274 g/mol. The van der Waals surface area contributed by atoms with E-state index in [9.17, 15) is 4.79 Å². The number of carboxylic acids is 1. The summed E-state index contributed by atoms with van der Waals surface area (Å²) in [5.74, 6) is -0.940. The highest BCUT2D eigenvalue weighted by atomic mass is 16.4. The Kier molecular flexibility index (Phi) is 3.56. The molecule has 1 unspecified atom stereocenters. The number of hydrogen-bond donors (Lipinski definition) is 3. The van der Waals surface area contributed by atoms with E-state index in [1.807, 2.05) is 0 Å². The highest BCUT2D eigenvalue weighted by Gasteiger charge is 2.20. The topological polar surface area (TPSA) is 79.2 Å². The quantitative estimate of drug-likeness (QED) is 0.766. The molecule has 0 aliphatic carbocycles. The van der Waals surface area contributed by atoms with Gasteiger partial charge in [0.05, 0.1) is 17.9 Å². The van der Waals surface area contributed by atoms with Crippen molar-refractivity contribution in [2.24, 2.45) is 0 Å². The Morgan fingerprint density at radius 3 is 3.20 bits per heavy atom. The first-order valence-corrected chi connectivity index (χ1v) is 6.88. The van der Waals surface area contributed by atoms with Crippen LogP contribution < -0.4 is 10.6 Å². The van der Waals surface area contributed by atoms with Crippen LogP contribution in [-0.2, 0) is 6.54 Å². The van der Waals surface area contributed by atoms with Gasteiger partial charge in [-0.15, -0.1) is 0 Å². The number of dihydropyridines is 1. The van der Waals surface area contributed by atoms with E-state index in [2.05, 4.69) is 27.9 Å². The molecule has 6 nitrogen and oxygen atoms in total. The summed E-state index contributed by atoms with van der Waals surface area (Å²) in [4.78, 5) is 10.8. The van der Waals surface area contributed by atoms with Gasteiger partial charge in [-0.3, -0.25) is 10.00 Å². The number of piperidine rings is 1. The Balaban J connectivity index is 1.59. The second-order valence-corrected chi connectivity index (χ2v) is 5.12. The number of aromatic nitrogens is 2. The van der Waals surface area contributed by atoms with Gasteiger partial charge in [0.2, 0.25) is 0 Å². The summed E-state index contributed by atoms with van der Waals surface area (Å²) in [6.07, 6.45) is 10.7. The molecule has 1 fully saturated rings. The first-order valence-electron chi connectivity index (χ1n) is 6.88. The summed E-state index contributed by atoms with van der Waals surface area (Å²) in [5, 5.41) is 19.8. The number of fused-ring (bicyclic) bond motifs is 1. The SMILES string of the molecule is O=C(O)c1cnn(CCC2=CC=C3CCCNC3N2)c1. The van der Waals surface area contributed by atoms with E-state index < -0.39 is 5.97 Å². The molecule has 0 amide bonds. The average Bonchev–Trinajstić information content (AvgIpc) is 2.94. The molecule has 0 saturated carbocycles. The summed E-state index contributed by atoms with van der Waals surface area (Å²) in [6.45, 7) is 1.71. The number of carbonyl (C=O) groups is 1. The minimum absolute atomic E-state index is 0.228. The van der Waals surface area contributed by atoms with E-state index in [1.165, 1.54) is 18.2 Å². The summed E-state index contributed by atoms with van der Waals surface area (Å²) < 4.78 is 1.67. The van der Waals surface area contributed by atoms with E-state index in [0.29, 0.717) is 6.54 Å². The number of allylic oxidation sites excluding steroid dienone is 3. The molecule has 3 heterocycles. The maximum atomic E-state index is 10.8. The van der Waals surface area contributed by atoms with Gasteiger partial charge in [-0.25, -0.2) is 4.79 Å². The standard InChI is InChI=1S/C14H18N4O2/c19-14(20)11-8-16-18(9-11)7-5-12-4-3-10-2-1-6-15-13(10)17-12/h3-4,8-9,13,15,17H,1-2,5-7H2,(H,19,20). The molecule has 1 atom stereocenters. The van der Waals surface area contributed by atoms with Crippen LogP contribution in [0.25, 0.3) is 0 Å². The minimum Gasteiger partial charge on any atom is -0.478 e. The molecule has 1 aromatic rings. The number of carboxylic acid groups (broad SMARTS) is 1. The largest absolute Gasteiger partial charge is 0.478 e. The van der Waals surface area contributed by atoms with E-state index >= 15 is 0 Å². The van der Waals surface area contributed by atoms with Crippen LogP contribution in [0.15, 0.2) is 35.8 Å². The Hall–Kier alpha value is -2.08. The van der Waals surface area contributed by atoms with Crippen LogP contribution in [0.4, 0.5) is 0 Å². The molecule has 2 aliphatic heterocycles. The number of nitrogens with one attached hydrogen (secondary N) is 2. The van der Waals surface area contributed by atoms with Crippen LogP contribution >= 0.6 is 0 Å². The fourth-order valence-corrected chi connectivity index (χ4v) is 2.57. The highest BCUT2D eigenvalue weighted by Crippen LogP contribution is 2.19. The highest BCUT2D eigenvalue weighted by molar-refractivity contribution is 5.86. The Morgan fingerprint density at radius 1 is 1.50 bits per heavy atom. The predicted molar refractivity (Wildman–Crippen MR) is 74.1 cm³/mol. The van der Waals surface area contributed by atoms with Crippen LogP contribution in [0, 0.1) is 0 Å². The molecule has 0 bridgehead atoms. The summed E-state index contributed by atoms with van der Waals surface area (Å²) in [6, 6.07) is 0. The predicted octanol–water partition coefficient (Wildman–Crippen LogP) is 1.09. The van der Waals surface area contributed by atoms with Gasteiger partial charge in [-0.05, 0) is 31.0 Å². The van der Waals surface area contributed by atoms with Crippen LogP contribution in [0.1, 0.15) is 29.6 Å². The lowest BCUT2D eigenvalue weighted by Gasteiger charge is -2.32. The molecule has 106 valence electrons. The Labute approximate surface area is 117 Å². The molecule has 20 heavy (non-hydrogen) atoms. The molecule has 2 aliphatic rings. The normalized spacial score (nSPS) is 21.5. The van der Waals surface area contributed by atoms with Crippen molar-refractivity contribution in [2.45, 2.75) is 32.0 Å². The summed E-state index contributed by atoms with van der Waals surface area (Å²) in [7, 11) is 0. The van der Waals surface area contributed by atoms with Crippen LogP contribution in [0.5, 0.6) is 0 Å². The molecule has 3 N–H and O–H groups in total. The molecule has 1 aromatic heterocycles. The van der Waals surface area contributed by atoms with Crippen LogP contribution in [0.3, 0.4) is 0 Å². The van der Waals surface area contributed by atoms with Crippen molar-refractivity contribution in [3.8, 4) is 0 Å². The van der Waals surface area contributed by atoms with Crippen molar-refractivity contribution < 1.29 is 9.90 Å². The molecule has 3 rings (SSSR count). The third-order valence-electron chi connectivity index (χ3n) is 3.68. The van der Waals surface area contributed by atoms with Gasteiger partial charge in [0.25, 0.3) is 0 Å². The molecule has 0 radical (unpaired) electrons. The summed E-state index contributed by atoms with van der Waals surface area (Å²) in [5.41, 5.74) is 2.79. The second-order valence-electron chi connectivity index (χ2n) is 5.12. The zero-order valence-electron chi connectivity index (χ0n) is 11.2. The second kappa shape index (κ2) is 5.50. The third-order valence-corrected chi connectivity index (χ3v) is 3.68. The van der Waals surface area contributed by atoms with Crippen molar-refractivity contribution in [2.75, 3.05) is 6.54 Å². The lowest BCUT2D eigenvalue weighted by atomic mass is 9.99. The fraction of sp³-hybridized carbons (Fsp3) is 0.429. The van der Waals surface area contributed by atoms with Gasteiger partial charge < -0.3 is 10.4 Å². The smallest absolute Gasteiger partial charge is 0.338 e. The lowest BCUT2D eigenvalue weighted by Crippen LogP contribution is -2.47. The van der Waals surface area contributed by atoms with E-state index in [-0.39, 0.29) is 11.7 Å². The van der Waals surface area contributed by atoms with Crippen LogP contribution in [-0.4, -0.2) is 33.6 Å². The first-order chi connectivity index (χ1) is 9.72. The number of rotatable bonds is 4. The number of nitrogens with zero attached hydrogens (tertiary/aromatic N) is 2. The van der Waals surface area contributed by atoms with Crippen molar-refractivity contribution in [3.63, 3.8) is 0 Å². The van der Waals surface area contributed by atoms with Crippen molar-refractivity contribution in [1.82, 2.24) is 20.4 Å². The van der Waals surface area contributed by atoms with Gasteiger partial charge in [0, 0.05) is 24.9 Å². The van der Waals surface area contributed by atoms with Gasteiger partial charge in [0.1, 0.15) is 0 Å². The fourth-order valence-electron chi connectivity index (χ4n) is 2.57. The maximum absolute atomic E-state index is 10.8. The lowest BCUT2D eigenvalue weighted by molar-refractivity contribution is 0.0697. The maximum Gasteiger partial charge on any atom is 0.338 e. The zero-order chi connectivity index (χ0) is 13.9. The number of aryl methyl sites for hydroxylation is 1. The van der Waals surface area contributed by atoms with Gasteiger partial charge in [0.15, 0.2) is 0 Å². The minimum atomic E-state index is -0.940. The Bertz CT molecular complexity index is 573. The molecule has 0 spiro atoms. The molecule has 6 heteroatoms. The van der Waals surface area contributed by atoms with E-state index in [4.69, 9.17) is 5.11 Å². The first kappa shape index (κ1) is 12.9. The number of aromatic carboxylic acids is 1.